The zero-order chi connectivity index (χ0) is 15.5. The van der Waals surface area contributed by atoms with Gasteiger partial charge in [0.1, 0.15) is 0 Å². The van der Waals surface area contributed by atoms with Gasteiger partial charge in [-0.3, -0.25) is 0 Å². The van der Waals surface area contributed by atoms with Crippen LogP contribution in [-0.4, -0.2) is 17.3 Å². The number of hydrogen-bond donors (Lipinski definition) is 2. The summed E-state index contributed by atoms with van der Waals surface area (Å²) in [5.74, 6) is 0. The Balaban J connectivity index is 2.03. The maximum atomic E-state index is 10.8. The van der Waals surface area contributed by atoms with E-state index in [0.29, 0.717) is 6.54 Å². The third-order valence-electron chi connectivity index (χ3n) is 4.94. The molecule has 1 aromatic rings. The molecule has 1 aliphatic carbocycles. The van der Waals surface area contributed by atoms with Gasteiger partial charge in [-0.25, -0.2) is 0 Å². The van der Waals surface area contributed by atoms with Gasteiger partial charge in [0.15, 0.2) is 0 Å². The molecule has 2 rings (SSSR count). The summed E-state index contributed by atoms with van der Waals surface area (Å²) in [6.45, 7) is 9.45. The van der Waals surface area contributed by atoms with Crippen LogP contribution in [0, 0.1) is 20.8 Å². The molecule has 2 nitrogen and oxygen atoms in total. The molecule has 2 N–H and O–H groups in total. The van der Waals surface area contributed by atoms with Gasteiger partial charge in [0.05, 0.1) is 5.60 Å². The van der Waals surface area contributed by atoms with E-state index >= 15 is 0 Å². The fourth-order valence-electron chi connectivity index (χ4n) is 3.88. The molecule has 0 heterocycles. The minimum Gasteiger partial charge on any atom is -0.389 e. The molecule has 0 aliphatic heterocycles. The molecule has 1 atom stereocenters. The van der Waals surface area contributed by atoms with E-state index in [1.54, 1.807) is 0 Å². The van der Waals surface area contributed by atoms with Gasteiger partial charge >= 0.3 is 0 Å². The van der Waals surface area contributed by atoms with E-state index in [4.69, 9.17) is 0 Å². The van der Waals surface area contributed by atoms with E-state index in [1.165, 1.54) is 35.1 Å². The first kappa shape index (κ1) is 16.5. The molecule has 0 radical (unpaired) electrons. The van der Waals surface area contributed by atoms with Crippen LogP contribution < -0.4 is 5.32 Å². The highest BCUT2D eigenvalue weighted by Crippen LogP contribution is 2.28. The lowest BCUT2D eigenvalue weighted by Crippen LogP contribution is -2.41. The molecule has 0 bridgehead atoms. The topological polar surface area (TPSA) is 32.3 Å². The third kappa shape index (κ3) is 4.31. The summed E-state index contributed by atoms with van der Waals surface area (Å²) in [6, 6.07) is 4.79. The fourth-order valence-corrected chi connectivity index (χ4v) is 3.88. The number of rotatable bonds is 4. The van der Waals surface area contributed by atoms with Crippen molar-refractivity contribution in [1.29, 1.82) is 0 Å². The Morgan fingerprint density at radius 3 is 2.10 bits per heavy atom. The number of nitrogens with one attached hydrogen (secondary N) is 1. The number of aliphatic hydroxyl groups is 1. The Hall–Kier alpha value is -0.860. The Bertz CT molecular complexity index is 449. The summed E-state index contributed by atoms with van der Waals surface area (Å²) in [6.07, 6.45) is 6.75. The SMILES string of the molecule is Cc1cc(C)c(C(C)NCC2(O)CCCCCC2)c(C)c1. The van der Waals surface area contributed by atoms with Gasteiger partial charge in [-0.1, -0.05) is 43.4 Å². The number of benzene rings is 1. The lowest BCUT2D eigenvalue weighted by Gasteiger charge is -2.30. The second kappa shape index (κ2) is 6.93. The second-order valence-electron chi connectivity index (χ2n) is 7.05. The van der Waals surface area contributed by atoms with Crippen molar-refractivity contribution in [3.63, 3.8) is 0 Å². The van der Waals surface area contributed by atoms with Gasteiger partial charge < -0.3 is 10.4 Å². The molecule has 0 amide bonds. The van der Waals surface area contributed by atoms with Crippen molar-refractivity contribution in [3.05, 3.63) is 34.4 Å². The first-order valence-corrected chi connectivity index (χ1v) is 8.45. The third-order valence-corrected chi connectivity index (χ3v) is 4.94. The lowest BCUT2D eigenvalue weighted by molar-refractivity contribution is 0.0231. The monoisotopic (exact) mass is 289 g/mol. The van der Waals surface area contributed by atoms with E-state index in [2.05, 4.69) is 45.1 Å². The predicted molar refractivity (Wildman–Crippen MR) is 89.7 cm³/mol. The van der Waals surface area contributed by atoms with Gasteiger partial charge in [-0.15, -0.1) is 0 Å². The van der Waals surface area contributed by atoms with Crippen LogP contribution in [0.4, 0.5) is 0 Å². The highest BCUT2D eigenvalue weighted by molar-refractivity contribution is 5.39. The summed E-state index contributed by atoms with van der Waals surface area (Å²) < 4.78 is 0. The fraction of sp³-hybridized carbons (Fsp3) is 0.684. The second-order valence-corrected chi connectivity index (χ2v) is 7.05. The molecular weight excluding hydrogens is 258 g/mol. The van der Waals surface area contributed by atoms with Crippen LogP contribution in [-0.2, 0) is 0 Å². The standard InChI is InChI=1S/C19H31NO/c1-14-11-15(2)18(16(3)12-14)17(4)20-13-19(21)9-7-5-6-8-10-19/h11-12,17,20-21H,5-10,13H2,1-4H3. The maximum Gasteiger partial charge on any atom is 0.0771 e. The Morgan fingerprint density at radius 1 is 1.05 bits per heavy atom. The zero-order valence-electron chi connectivity index (χ0n) is 14.1. The molecule has 1 fully saturated rings. The average Bonchev–Trinajstić information content (AvgIpc) is 2.61. The average molecular weight is 289 g/mol. The van der Waals surface area contributed by atoms with Gasteiger partial charge in [0.2, 0.25) is 0 Å². The van der Waals surface area contributed by atoms with Crippen LogP contribution in [0.1, 0.15) is 73.7 Å². The van der Waals surface area contributed by atoms with Crippen molar-refractivity contribution in [1.82, 2.24) is 5.32 Å². The molecule has 0 saturated heterocycles. The Labute approximate surface area is 130 Å². The van der Waals surface area contributed by atoms with Crippen LogP contribution in [0.3, 0.4) is 0 Å². The van der Waals surface area contributed by atoms with Gasteiger partial charge in [-0.05, 0) is 57.2 Å². The number of aryl methyl sites for hydroxylation is 3. The summed E-state index contributed by atoms with van der Waals surface area (Å²) >= 11 is 0. The van der Waals surface area contributed by atoms with Crippen LogP contribution in [0.5, 0.6) is 0 Å². The molecular formula is C19H31NO. The van der Waals surface area contributed by atoms with Crippen molar-refractivity contribution < 1.29 is 5.11 Å². The van der Waals surface area contributed by atoms with Crippen LogP contribution in [0.25, 0.3) is 0 Å². The van der Waals surface area contributed by atoms with Gasteiger partial charge in [0, 0.05) is 12.6 Å². The van der Waals surface area contributed by atoms with Crippen molar-refractivity contribution >= 4 is 0 Å². The molecule has 1 aromatic carbocycles. The highest BCUT2D eigenvalue weighted by atomic mass is 16.3. The van der Waals surface area contributed by atoms with Crippen LogP contribution in [0.15, 0.2) is 12.1 Å². The first-order valence-electron chi connectivity index (χ1n) is 8.45. The van der Waals surface area contributed by atoms with E-state index in [-0.39, 0.29) is 6.04 Å². The molecule has 21 heavy (non-hydrogen) atoms. The van der Waals surface area contributed by atoms with Gasteiger partial charge in [0.25, 0.3) is 0 Å². The van der Waals surface area contributed by atoms with Gasteiger partial charge in [-0.2, -0.15) is 0 Å². The van der Waals surface area contributed by atoms with E-state index < -0.39 is 5.60 Å². The predicted octanol–water partition coefficient (Wildman–Crippen LogP) is 4.35. The van der Waals surface area contributed by atoms with Crippen LogP contribution in [0.2, 0.25) is 0 Å². The molecule has 1 unspecified atom stereocenters. The Morgan fingerprint density at radius 2 is 1.57 bits per heavy atom. The lowest BCUT2D eigenvalue weighted by atomic mass is 9.92. The van der Waals surface area contributed by atoms with E-state index in [9.17, 15) is 5.11 Å². The largest absolute Gasteiger partial charge is 0.389 e. The molecule has 118 valence electrons. The Kier molecular flexibility index (Phi) is 5.45. The zero-order valence-corrected chi connectivity index (χ0v) is 14.1. The molecule has 0 aromatic heterocycles. The molecule has 1 saturated carbocycles. The van der Waals surface area contributed by atoms with Crippen molar-refractivity contribution in [3.8, 4) is 0 Å². The summed E-state index contributed by atoms with van der Waals surface area (Å²) in [5, 5.41) is 14.4. The van der Waals surface area contributed by atoms with E-state index in [0.717, 1.165) is 25.7 Å². The minimum absolute atomic E-state index is 0.290. The summed E-state index contributed by atoms with van der Waals surface area (Å²) in [7, 11) is 0. The first-order chi connectivity index (χ1) is 9.91. The number of hydrogen-bond acceptors (Lipinski definition) is 2. The summed E-state index contributed by atoms with van der Waals surface area (Å²) in [5.41, 5.74) is 4.90. The molecule has 0 spiro atoms. The van der Waals surface area contributed by atoms with Crippen LogP contribution >= 0.6 is 0 Å². The highest BCUT2D eigenvalue weighted by Gasteiger charge is 2.28. The van der Waals surface area contributed by atoms with E-state index in [1.807, 2.05) is 0 Å². The minimum atomic E-state index is -0.503. The maximum absolute atomic E-state index is 10.8. The van der Waals surface area contributed by atoms with Crippen molar-refractivity contribution in [2.24, 2.45) is 0 Å². The molecule has 1 aliphatic rings. The normalized spacial score (nSPS) is 20.0. The smallest absolute Gasteiger partial charge is 0.0771 e. The quantitative estimate of drug-likeness (QED) is 0.808. The summed E-state index contributed by atoms with van der Waals surface area (Å²) in [4.78, 5) is 0. The van der Waals surface area contributed by atoms with Crippen molar-refractivity contribution in [2.45, 2.75) is 77.9 Å². The van der Waals surface area contributed by atoms with Crippen molar-refractivity contribution in [2.75, 3.05) is 6.54 Å². The molecule has 2 heteroatoms.